The Labute approximate surface area is 210 Å². The molecular weight excluding hydrogens is 470 g/mol. The average molecular weight is 502 g/mol. The Kier molecular flexibility index (Phi) is 8.78. The highest BCUT2D eigenvalue weighted by molar-refractivity contribution is 7.23. The van der Waals surface area contributed by atoms with Gasteiger partial charge in [0.05, 0.1) is 35.1 Å². The number of hydrogen-bond donors (Lipinski definition) is 0. The van der Waals surface area contributed by atoms with Crippen molar-refractivity contribution in [2.75, 3.05) is 50.9 Å². The second kappa shape index (κ2) is 12.0. The molecule has 4 rings (SSSR count). The second-order valence-corrected chi connectivity index (χ2v) is 9.92. The predicted octanol–water partition coefficient (Wildman–Crippen LogP) is 5.81. The minimum absolute atomic E-state index is 0.0734. The summed E-state index contributed by atoms with van der Waals surface area (Å²) in [5.74, 6) is 0.645. The molecule has 1 fully saturated rings. The van der Waals surface area contributed by atoms with E-state index in [2.05, 4.69) is 11.8 Å². The zero-order valence-corrected chi connectivity index (χ0v) is 21.5. The van der Waals surface area contributed by atoms with Gasteiger partial charge in [0.25, 0.3) is 5.91 Å². The number of carbonyl (C=O) groups excluding carboxylic acids is 1. The van der Waals surface area contributed by atoms with Crippen LogP contribution >= 0.6 is 22.9 Å². The van der Waals surface area contributed by atoms with Gasteiger partial charge in [-0.3, -0.25) is 14.6 Å². The third kappa shape index (κ3) is 6.08. The van der Waals surface area contributed by atoms with Gasteiger partial charge in [0, 0.05) is 31.7 Å². The number of carbonyl (C=O) groups is 1. The van der Waals surface area contributed by atoms with Crippen LogP contribution in [0.15, 0.2) is 36.4 Å². The van der Waals surface area contributed by atoms with Crippen molar-refractivity contribution in [3.63, 3.8) is 0 Å². The molecule has 2 aromatic carbocycles. The molecule has 2 heterocycles. The fourth-order valence-electron chi connectivity index (χ4n) is 3.98. The highest BCUT2D eigenvalue weighted by Gasteiger charge is 2.23. The number of halogens is 1. The fourth-order valence-corrected chi connectivity index (χ4v) is 5.32. The number of aromatic nitrogens is 1. The summed E-state index contributed by atoms with van der Waals surface area (Å²) in [5.41, 5.74) is 2.51. The van der Waals surface area contributed by atoms with E-state index in [0.29, 0.717) is 28.9 Å². The highest BCUT2D eigenvalue weighted by Crippen LogP contribution is 2.36. The molecule has 0 aliphatic carbocycles. The lowest BCUT2D eigenvalue weighted by Gasteiger charge is -2.27. The van der Waals surface area contributed by atoms with Crippen LogP contribution in [-0.4, -0.2) is 61.8 Å². The van der Waals surface area contributed by atoms with Gasteiger partial charge in [-0.25, -0.2) is 4.98 Å². The van der Waals surface area contributed by atoms with E-state index in [0.717, 1.165) is 73.6 Å². The summed E-state index contributed by atoms with van der Waals surface area (Å²) in [6.07, 6.45) is 2.90. The molecule has 0 unspecified atom stereocenters. The molecule has 0 radical (unpaired) electrons. The maximum absolute atomic E-state index is 13.7. The number of thiazole rings is 1. The summed E-state index contributed by atoms with van der Waals surface area (Å²) >= 11 is 7.94. The quantitative estimate of drug-likeness (QED) is 0.328. The number of rotatable bonds is 10. The SMILES string of the molecule is CCCCOc1cccc(C(=O)N(CCCN2CCOCC2)c2nc3c(C)ccc(Cl)c3s2)c1. The molecule has 1 amide bonds. The van der Waals surface area contributed by atoms with Crippen molar-refractivity contribution in [3.8, 4) is 5.75 Å². The van der Waals surface area contributed by atoms with Gasteiger partial charge in [-0.1, -0.05) is 48.4 Å². The van der Waals surface area contributed by atoms with Crippen LogP contribution in [0.5, 0.6) is 5.75 Å². The first-order valence-electron chi connectivity index (χ1n) is 12.0. The normalized spacial score (nSPS) is 14.4. The molecular formula is C26H32ClN3O3S. The van der Waals surface area contributed by atoms with Gasteiger partial charge in [0.1, 0.15) is 5.75 Å². The Bertz CT molecular complexity index is 1070. The number of amides is 1. The maximum atomic E-state index is 13.7. The van der Waals surface area contributed by atoms with Crippen molar-refractivity contribution in [1.29, 1.82) is 0 Å². The largest absolute Gasteiger partial charge is 0.494 e. The smallest absolute Gasteiger partial charge is 0.260 e. The van der Waals surface area contributed by atoms with E-state index in [1.165, 1.54) is 11.3 Å². The number of nitrogens with zero attached hydrogens (tertiary/aromatic N) is 3. The molecule has 182 valence electrons. The van der Waals surface area contributed by atoms with Gasteiger partial charge in [-0.05, 0) is 49.6 Å². The van der Waals surface area contributed by atoms with Gasteiger partial charge in [0.2, 0.25) is 0 Å². The van der Waals surface area contributed by atoms with Crippen molar-refractivity contribution in [2.45, 2.75) is 33.1 Å². The first kappa shape index (κ1) is 24.9. The van der Waals surface area contributed by atoms with E-state index in [9.17, 15) is 4.79 Å². The predicted molar refractivity (Wildman–Crippen MR) is 140 cm³/mol. The van der Waals surface area contributed by atoms with Crippen molar-refractivity contribution >= 4 is 44.2 Å². The highest BCUT2D eigenvalue weighted by atomic mass is 35.5. The van der Waals surface area contributed by atoms with Crippen LogP contribution in [0, 0.1) is 6.92 Å². The molecule has 0 saturated carbocycles. The molecule has 6 nitrogen and oxygen atoms in total. The van der Waals surface area contributed by atoms with E-state index in [-0.39, 0.29) is 5.91 Å². The van der Waals surface area contributed by atoms with Crippen LogP contribution in [0.25, 0.3) is 10.2 Å². The third-order valence-corrected chi connectivity index (χ3v) is 7.51. The number of morpholine rings is 1. The molecule has 0 bridgehead atoms. The molecule has 0 N–H and O–H groups in total. The zero-order chi connectivity index (χ0) is 23.9. The molecule has 3 aromatic rings. The minimum Gasteiger partial charge on any atom is -0.494 e. The molecule has 34 heavy (non-hydrogen) atoms. The van der Waals surface area contributed by atoms with Gasteiger partial charge in [-0.15, -0.1) is 0 Å². The Hall–Kier alpha value is -2.19. The lowest BCUT2D eigenvalue weighted by molar-refractivity contribution is 0.0376. The molecule has 0 spiro atoms. The van der Waals surface area contributed by atoms with Crippen LogP contribution < -0.4 is 9.64 Å². The van der Waals surface area contributed by atoms with E-state index < -0.39 is 0 Å². The average Bonchev–Trinajstić information content (AvgIpc) is 3.31. The first-order valence-corrected chi connectivity index (χ1v) is 13.2. The second-order valence-electron chi connectivity index (χ2n) is 8.53. The summed E-state index contributed by atoms with van der Waals surface area (Å²) in [6.45, 7) is 9.68. The Morgan fingerprint density at radius 3 is 2.82 bits per heavy atom. The van der Waals surface area contributed by atoms with Gasteiger partial charge in [-0.2, -0.15) is 0 Å². The van der Waals surface area contributed by atoms with Crippen LogP contribution in [0.2, 0.25) is 5.02 Å². The molecule has 8 heteroatoms. The Balaban J connectivity index is 1.58. The minimum atomic E-state index is -0.0734. The summed E-state index contributed by atoms with van der Waals surface area (Å²) in [5, 5.41) is 1.34. The number of hydrogen-bond acceptors (Lipinski definition) is 6. The summed E-state index contributed by atoms with van der Waals surface area (Å²) < 4.78 is 12.2. The number of anilines is 1. The molecule has 1 aliphatic rings. The van der Waals surface area contributed by atoms with E-state index in [1.807, 2.05) is 43.3 Å². The van der Waals surface area contributed by atoms with Crippen LogP contribution in [-0.2, 0) is 4.74 Å². The molecule has 1 saturated heterocycles. The Morgan fingerprint density at radius 1 is 1.24 bits per heavy atom. The number of benzene rings is 2. The number of unbranched alkanes of at least 4 members (excludes halogenated alkanes) is 1. The first-order chi connectivity index (χ1) is 16.6. The van der Waals surface area contributed by atoms with Crippen molar-refractivity contribution < 1.29 is 14.3 Å². The van der Waals surface area contributed by atoms with Crippen molar-refractivity contribution in [1.82, 2.24) is 9.88 Å². The number of ether oxygens (including phenoxy) is 2. The monoisotopic (exact) mass is 501 g/mol. The summed E-state index contributed by atoms with van der Waals surface area (Å²) in [7, 11) is 0. The lowest BCUT2D eigenvalue weighted by atomic mass is 10.2. The van der Waals surface area contributed by atoms with E-state index in [4.69, 9.17) is 26.1 Å². The maximum Gasteiger partial charge on any atom is 0.260 e. The molecule has 0 atom stereocenters. The lowest BCUT2D eigenvalue weighted by Crippen LogP contribution is -2.39. The van der Waals surface area contributed by atoms with E-state index in [1.54, 1.807) is 4.90 Å². The summed E-state index contributed by atoms with van der Waals surface area (Å²) in [6, 6.07) is 11.3. The van der Waals surface area contributed by atoms with Crippen molar-refractivity contribution in [3.05, 3.63) is 52.5 Å². The van der Waals surface area contributed by atoms with Crippen LogP contribution in [0.1, 0.15) is 42.1 Å². The van der Waals surface area contributed by atoms with Gasteiger partial charge < -0.3 is 9.47 Å². The van der Waals surface area contributed by atoms with Crippen molar-refractivity contribution in [2.24, 2.45) is 0 Å². The van der Waals surface area contributed by atoms with Gasteiger partial charge >= 0.3 is 0 Å². The Morgan fingerprint density at radius 2 is 2.06 bits per heavy atom. The topological polar surface area (TPSA) is 54.9 Å². The van der Waals surface area contributed by atoms with Crippen LogP contribution in [0.3, 0.4) is 0 Å². The molecule has 1 aliphatic heterocycles. The molecule has 1 aromatic heterocycles. The van der Waals surface area contributed by atoms with E-state index >= 15 is 0 Å². The third-order valence-electron chi connectivity index (χ3n) is 5.97. The number of fused-ring (bicyclic) bond motifs is 1. The number of aryl methyl sites for hydroxylation is 1. The van der Waals surface area contributed by atoms with Crippen LogP contribution in [0.4, 0.5) is 5.13 Å². The fraction of sp³-hybridized carbons (Fsp3) is 0.462. The van der Waals surface area contributed by atoms with Gasteiger partial charge in [0.15, 0.2) is 5.13 Å². The summed E-state index contributed by atoms with van der Waals surface area (Å²) in [4.78, 5) is 22.7. The zero-order valence-electron chi connectivity index (χ0n) is 19.9. The standard InChI is InChI=1S/C26H32ClN3O3S/c1-3-4-15-33-21-8-5-7-20(18-21)25(31)30(12-6-11-29-13-16-32-17-14-29)26-28-23-19(2)9-10-22(27)24(23)34-26/h5,7-10,18H,3-4,6,11-17H2,1-2H3.